The molecule has 1 fully saturated rings. The third-order valence-electron chi connectivity index (χ3n) is 6.21. The van der Waals surface area contributed by atoms with Crippen molar-refractivity contribution in [2.75, 3.05) is 4.72 Å². The summed E-state index contributed by atoms with van der Waals surface area (Å²) in [5, 5.41) is 11.7. The monoisotopic (exact) mass is 514 g/mol. The molecule has 37 heavy (non-hydrogen) atoms. The third kappa shape index (κ3) is 4.56. The van der Waals surface area contributed by atoms with Gasteiger partial charge in [0.15, 0.2) is 11.5 Å². The van der Waals surface area contributed by atoms with Crippen LogP contribution in [0.15, 0.2) is 114 Å². The summed E-state index contributed by atoms with van der Waals surface area (Å²) >= 11 is 0. The van der Waals surface area contributed by atoms with Crippen molar-refractivity contribution in [3.8, 4) is 0 Å². The summed E-state index contributed by atoms with van der Waals surface area (Å²) in [5.41, 5.74) is 1.20. The number of sulfonamides is 1. The van der Waals surface area contributed by atoms with Crippen LogP contribution >= 0.6 is 0 Å². The Bertz CT molecular complexity index is 1520. The molecule has 1 aliphatic heterocycles. The summed E-state index contributed by atoms with van der Waals surface area (Å²) in [6.07, 6.45) is 0. The standard InChI is InChI=1S/C28H23FN4O3S/c29-23-12-7-13-25(18-23)37(35,36)32-24-16-14-20(15-17-24)19-33-26(34)28(31-27(33)30,21-8-3-1-4-9-21)22-10-5-2-6-11-22/h1-18,32H,19H2,(H2,30,31). The summed E-state index contributed by atoms with van der Waals surface area (Å²) in [4.78, 5) is 15.1. The second-order valence-electron chi connectivity index (χ2n) is 8.61. The van der Waals surface area contributed by atoms with E-state index in [1.807, 2.05) is 60.7 Å². The highest BCUT2D eigenvalue weighted by molar-refractivity contribution is 7.92. The fraction of sp³-hybridized carbons (Fsp3) is 0.0714. The molecular formula is C28H23FN4O3S. The Morgan fingerprint density at radius 2 is 1.43 bits per heavy atom. The lowest BCUT2D eigenvalue weighted by molar-refractivity contribution is -0.130. The quantitative estimate of drug-likeness (QED) is 0.339. The molecule has 0 atom stereocenters. The summed E-state index contributed by atoms with van der Waals surface area (Å²) in [5.74, 6) is -0.967. The van der Waals surface area contributed by atoms with Crippen molar-refractivity contribution < 1.29 is 17.6 Å². The molecule has 3 N–H and O–H groups in total. The van der Waals surface area contributed by atoms with Gasteiger partial charge in [-0.25, -0.2) is 12.8 Å². The topological polar surface area (TPSA) is 102 Å². The highest BCUT2D eigenvalue weighted by Crippen LogP contribution is 2.36. The number of nitrogens with zero attached hydrogens (tertiary/aromatic N) is 1. The molecule has 1 heterocycles. The van der Waals surface area contributed by atoms with E-state index in [1.165, 1.54) is 23.1 Å². The van der Waals surface area contributed by atoms with Crippen molar-refractivity contribution in [3.63, 3.8) is 0 Å². The zero-order valence-corrected chi connectivity index (χ0v) is 20.4. The average Bonchev–Trinajstić information content (AvgIpc) is 3.16. The molecule has 186 valence electrons. The minimum atomic E-state index is -3.96. The van der Waals surface area contributed by atoms with Crippen LogP contribution in [-0.4, -0.2) is 25.2 Å². The second kappa shape index (κ2) is 9.51. The average molecular weight is 515 g/mol. The molecule has 0 aromatic heterocycles. The molecule has 4 aromatic rings. The lowest BCUT2D eigenvalue weighted by Crippen LogP contribution is -2.45. The Labute approximate surface area is 214 Å². The van der Waals surface area contributed by atoms with E-state index in [0.717, 1.165) is 17.2 Å². The predicted molar refractivity (Wildman–Crippen MR) is 139 cm³/mol. The Balaban J connectivity index is 1.39. The Kier molecular flexibility index (Phi) is 6.22. The Hall–Kier alpha value is -4.50. The van der Waals surface area contributed by atoms with E-state index in [0.29, 0.717) is 5.56 Å². The van der Waals surface area contributed by atoms with Gasteiger partial charge in [0, 0.05) is 5.69 Å². The van der Waals surface area contributed by atoms with Gasteiger partial charge in [-0.1, -0.05) is 78.9 Å². The van der Waals surface area contributed by atoms with Gasteiger partial charge in [0.2, 0.25) is 0 Å². The minimum Gasteiger partial charge on any atom is -0.334 e. The van der Waals surface area contributed by atoms with Crippen LogP contribution in [0.2, 0.25) is 0 Å². The molecule has 7 nitrogen and oxygen atoms in total. The lowest BCUT2D eigenvalue weighted by Gasteiger charge is -2.28. The minimum absolute atomic E-state index is 0.0337. The highest BCUT2D eigenvalue weighted by Gasteiger charge is 2.52. The van der Waals surface area contributed by atoms with Crippen LogP contribution in [0.1, 0.15) is 16.7 Å². The summed E-state index contributed by atoms with van der Waals surface area (Å²) in [6.45, 7) is 0.114. The Morgan fingerprint density at radius 3 is 2.00 bits per heavy atom. The molecule has 0 spiro atoms. The van der Waals surface area contributed by atoms with Gasteiger partial charge in [-0.3, -0.25) is 19.8 Å². The molecule has 0 saturated carbocycles. The van der Waals surface area contributed by atoms with E-state index in [2.05, 4.69) is 10.0 Å². The van der Waals surface area contributed by atoms with Crippen molar-refractivity contribution >= 4 is 27.6 Å². The van der Waals surface area contributed by atoms with E-state index >= 15 is 0 Å². The normalized spacial score (nSPS) is 14.9. The fourth-order valence-corrected chi connectivity index (χ4v) is 5.49. The SMILES string of the molecule is N=C1NC(c2ccccc2)(c2ccccc2)C(=O)N1Cc1ccc(NS(=O)(=O)c2cccc(F)c2)cc1. The molecular weight excluding hydrogens is 491 g/mol. The summed E-state index contributed by atoms with van der Waals surface area (Å²) in [6, 6.07) is 29.8. The van der Waals surface area contributed by atoms with Gasteiger partial charge in [0.1, 0.15) is 5.82 Å². The van der Waals surface area contributed by atoms with Gasteiger partial charge in [-0.15, -0.1) is 0 Å². The molecule has 1 aliphatic rings. The van der Waals surface area contributed by atoms with Crippen molar-refractivity contribution in [2.45, 2.75) is 17.0 Å². The van der Waals surface area contributed by atoms with Crippen molar-refractivity contribution in [2.24, 2.45) is 0 Å². The number of guanidine groups is 1. The van der Waals surface area contributed by atoms with Crippen LogP contribution in [0.4, 0.5) is 10.1 Å². The summed E-state index contributed by atoms with van der Waals surface area (Å²) < 4.78 is 41.1. The van der Waals surface area contributed by atoms with E-state index in [4.69, 9.17) is 5.41 Å². The highest BCUT2D eigenvalue weighted by atomic mass is 32.2. The number of benzene rings is 4. The maximum absolute atomic E-state index is 13.9. The zero-order chi connectivity index (χ0) is 26.0. The van der Waals surface area contributed by atoms with Crippen molar-refractivity contribution in [3.05, 3.63) is 132 Å². The molecule has 0 aliphatic carbocycles. The Morgan fingerprint density at radius 1 is 0.838 bits per heavy atom. The third-order valence-corrected chi connectivity index (χ3v) is 7.59. The van der Waals surface area contributed by atoms with Crippen LogP contribution < -0.4 is 10.0 Å². The second-order valence-corrected chi connectivity index (χ2v) is 10.3. The number of amides is 1. The molecule has 0 unspecified atom stereocenters. The molecule has 4 aromatic carbocycles. The molecule has 0 radical (unpaired) electrons. The van der Waals surface area contributed by atoms with Gasteiger partial charge in [-0.2, -0.15) is 0 Å². The fourth-order valence-electron chi connectivity index (χ4n) is 4.40. The smallest absolute Gasteiger partial charge is 0.264 e. The van der Waals surface area contributed by atoms with Crippen LogP contribution in [0.25, 0.3) is 0 Å². The number of anilines is 1. The first-order chi connectivity index (χ1) is 17.8. The van der Waals surface area contributed by atoms with Gasteiger partial charge in [-0.05, 0) is 47.0 Å². The van der Waals surface area contributed by atoms with Crippen LogP contribution in [0.5, 0.6) is 0 Å². The number of carbonyl (C=O) groups excluding carboxylic acids is 1. The first-order valence-corrected chi connectivity index (χ1v) is 12.9. The first kappa shape index (κ1) is 24.2. The number of carbonyl (C=O) groups is 1. The lowest BCUT2D eigenvalue weighted by atomic mass is 9.82. The van der Waals surface area contributed by atoms with Crippen molar-refractivity contribution in [1.29, 1.82) is 5.41 Å². The molecule has 0 bridgehead atoms. The maximum atomic E-state index is 13.9. The number of rotatable bonds is 7. The number of hydrogen-bond acceptors (Lipinski definition) is 4. The molecule has 5 rings (SSSR count). The van der Waals surface area contributed by atoms with Gasteiger partial charge < -0.3 is 5.32 Å². The maximum Gasteiger partial charge on any atom is 0.264 e. The number of hydrogen-bond donors (Lipinski definition) is 3. The van der Waals surface area contributed by atoms with Gasteiger partial charge >= 0.3 is 0 Å². The van der Waals surface area contributed by atoms with Crippen LogP contribution in [-0.2, 0) is 26.9 Å². The molecule has 1 saturated heterocycles. The van der Waals surface area contributed by atoms with E-state index in [-0.39, 0.29) is 29.0 Å². The first-order valence-electron chi connectivity index (χ1n) is 11.5. The van der Waals surface area contributed by atoms with Gasteiger partial charge in [0.05, 0.1) is 11.4 Å². The predicted octanol–water partition coefficient (Wildman–Crippen LogP) is 4.44. The van der Waals surface area contributed by atoms with Crippen molar-refractivity contribution in [1.82, 2.24) is 10.2 Å². The van der Waals surface area contributed by atoms with Crippen LogP contribution in [0, 0.1) is 11.2 Å². The number of nitrogens with one attached hydrogen (secondary N) is 3. The van der Waals surface area contributed by atoms with E-state index in [1.54, 1.807) is 24.3 Å². The summed E-state index contributed by atoms with van der Waals surface area (Å²) in [7, 11) is -3.96. The zero-order valence-electron chi connectivity index (χ0n) is 19.6. The largest absolute Gasteiger partial charge is 0.334 e. The molecule has 1 amide bonds. The van der Waals surface area contributed by atoms with E-state index in [9.17, 15) is 17.6 Å². The number of halogens is 1. The van der Waals surface area contributed by atoms with Gasteiger partial charge in [0.25, 0.3) is 15.9 Å². The van der Waals surface area contributed by atoms with E-state index < -0.39 is 21.4 Å². The molecule has 9 heteroatoms. The van der Waals surface area contributed by atoms with Crippen LogP contribution in [0.3, 0.4) is 0 Å².